The smallest absolute Gasteiger partial charge is 0.254 e. The van der Waals surface area contributed by atoms with E-state index in [0.29, 0.717) is 24.2 Å². The highest BCUT2D eigenvalue weighted by molar-refractivity contribution is 6.07. The lowest BCUT2D eigenvalue weighted by Gasteiger charge is -2.19. The van der Waals surface area contributed by atoms with E-state index in [4.69, 9.17) is 0 Å². The maximum atomic E-state index is 12.1. The van der Waals surface area contributed by atoms with E-state index in [0.717, 1.165) is 0 Å². The van der Waals surface area contributed by atoms with E-state index in [2.05, 4.69) is 0 Å². The van der Waals surface area contributed by atoms with Crippen LogP contribution in [0.1, 0.15) is 41.5 Å². The Morgan fingerprint density at radius 1 is 1.06 bits per heavy atom. The molecule has 1 aromatic carbocycles. The van der Waals surface area contributed by atoms with E-state index < -0.39 is 0 Å². The second-order valence-corrected chi connectivity index (χ2v) is 3.58. The lowest BCUT2D eigenvalue weighted by molar-refractivity contribution is 0.0768. The summed E-state index contributed by atoms with van der Waals surface area (Å²) in [5, 5.41) is 0. The molecular formula is C13H17NO2. The second kappa shape index (κ2) is 5.45. The zero-order valence-corrected chi connectivity index (χ0v) is 9.99. The molecule has 3 nitrogen and oxygen atoms in total. The second-order valence-electron chi connectivity index (χ2n) is 3.58. The molecule has 0 atom stereocenters. The fraction of sp³-hybridized carbons (Fsp3) is 0.385. The van der Waals surface area contributed by atoms with E-state index in [9.17, 15) is 9.59 Å². The number of benzene rings is 1. The van der Waals surface area contributed by atoms with Crippen molar-refractivity contribution >= 4 is 11.7 Å². The standard InChI is InChI=1S/C13H17NO2/c1-4-14(5-2)13(16)12-9-7-6-8-11(12)10(3)15/h6-9H,4-5H2,1-3H3. The molecule has 86 valence electrons. The molecule has 0 unspecified atom stereocenters. The van der Waals surface area contributed by atoms with Gasteiger partial charge in [0.15, 0.2) is 5.78 Å². The molecule has 0 aliphatic carbocycles. The summed E-state index contributed by atoms with van der Waals surface area (Å²) in [6.45, 7) is 6.65. The molecule has 1 amide bonds. The Morgan fingerprint density at radius 3 is 2.00 bits per heavy atom. The van der Waals surface area contributed by atoms with Gasteiger partial charge in [-0.2, -0.15) is 0 Å². The van der Waals surface area contributed by atoms with Gasteiger partial charge in [0.05, 0.1) is 5.56 Å². The molecular weight excluding hydrogens is 202 g/mol. The summed E-state index contributed by atoms with van der Waals surface area (Å²) in [4.78, 5) is 25.2. The average Bonchev–Trinajstić information content (AvgIpc) is 2.30. The Morgan fingerprint density at radius 2 is 1.56 bits per heavy atom. The van der Waals surface area contributed by atoms with E-state index in [1.165, 1.54) is 6.92 Å². The molecule has 16 heavy (non-hydrogen) atoms. The summed E-state index contributed by atoms with van der Waals surface area (Å²) in [5.74, 6) is -0.146. The average molecular weight is 219 g/mol. The maximum Gasteiger partial charge on any atom is 0.254 e. The van der Waals surface area contributed by atoms with Crippen molar-refractivity contribution in [1.29, 1.82) is 0 Å². The van der Waals surface area contributed by atoms with Crippen LogP contribution >= 0.6 is 0 Å². The zero-order chi connectivity index (χ0) is 12.1. The van der Waals surface area contributed by atoms with Crippen molar-refractivity contribution in [2.24, 2.45) is 0 Å². The van der Waals surface area contributed by atoms with Crippen LogP contribution < -0.4 is 0 Å². The molecule has 0 N–H and O–H groups in total. The molecule has 0 saturated heterocycles. The van der Waals surface area contributed by atoms with Gasteiger partial charge in [0.2, 0.25) is 0 Å². The largest absolute Gasteiger partial charge is 0.339 e. The van der Waals surface area contributed by atoms with Crippen molar-refractivity contribution in [3.8, 4) is 0 Å². The highest BCUT2D eigenvalue weighted by Gasteiger charge is 2.17. The predicted molar refractivity (Wildman–Crippen MR) is 63.7 cm³/mol. The third-order valence-electron chi connectivity index (χ3n) is 2.59. The highest BCUT2D eigenvalue weighted by atomic mass is 16.2. The van der Waals surface area contributed by atoms with E-state index in [-0.39, 0.29) is 11.7 Å². The van der Waals surface area contributed by atoms with Crippen LogP contribution in [0.3, 0.4) is 0 Å². The molecule has 0 aliphatic rings. The quantitative estimate of drug-likeness (QED) is 0.729. The predicted octanol–water partition coefficient (Wildman–Crippen LogP) is 2.37. The van der Waals surface area contributed by atoms with Gasteiger partial charge in [0.1, 0.15) is 0 Å². The summed E-state index contributed by atoms with van der Waals surface area (Å²) < 4.78 is 0. The molecule has 0 aliphatic heterocycles. The van der Waals surface area contributed by atoms with Crippen LogP contribution in [0.25, 0.3) is 0 Å². The maximum absolute atomic E-state index is 12.1. The monoisotopic (exact) mass is 219 g/mol. The molecule has 0 fully saturated rings. The Hall–Kier alpha value is -1.64. The Labute approximate surface area is 96.1 Å². The van der Waals surface area contributed by atoms with Crippen LogP contribution in [0.5, 0.6) is 0 Å². The van der Waals surface area contributed by atoms with Crippen LogP contribution in [-0.4, -0.2) is 29.7 Å². The van der Waals surface area contributed by atoms with Gasteiger partial charge in [-0.25, -0.2) is 0 Å². The summed E-state index contributed by atoms with van der Waals surface area (Å²) in [6, 6.07) is 6.95. The molecule has 0 aromatic heterocycles. The first-order valence-electron chi connectivity index (χ1n) is 5.51. The summed E-state index contributed by atoms with van der Waals surface area (Å²) >= 11 is 0. The van der Waals surface area contributed by atoms with E-state index in [1.807, 2.05) is 13.8 Å². The fourth-order valence-electron chi connectivity index (χ4n) is 1.66. The van der Waals surface area contributed by atoms with Gasteiger partial charge >= 0.3 is 0 Å². The minimum Gasteiger partial charge on any atom is -0.339 e. The number of hydrogen-bond donors (Lipinski definition) is 0. The molecule has 1 rings (SSSR count). The van der Waals surface area contributed by atoms with Gasteiger partial charge in [-0.15, -0.1) is 0 Å². The molecule has 1 aromatic rings. The number of rotatable bonds is 4. The van der Waals surface area contributed by atoms with Crippen LogP contribution in [-0.2, 0) is 0 Å². The Balaban J connectivity index is 3.12. The molecule has 0 bridgehead atoms. The molecule has 0 heterocycles. The molecule has 0 radical (unpaired) electrons. The van der Waals surface area contributed by atoms with Gasteiger partial charge in [-0.3, -0.25) is 9.59 Å². The van der Waals surface area contributed by atoms with Crippen molar-refractivity contribution in [2.45, 2.75) is 20.8 Å². The lowest BCUT2D eigenvalue weighted by atomic mass is 10.0. The number of hydrogen-bond acceptors (Lipinski definition) is 2. The van der Waals surface area contributed by atoms with Gasteiger partial charge in [0, 0.05) is 18.7 Å². The summed E-state index contributed by atoms with van der Waals surface area (Å²) in [6.07, 6.45) is 0. The van der Waals surface area contributed by atoms with Crippen molar-refractivity contribution in [1.82, 2.24) is 4.90 Å². The minimum absolute atomic E-state index is 0.0730. The first kappa shape index (κ1) is 12.4. The fourth-order valence-corrected chi connectivity index (χ4v) is 1.66. The Kier molecular flexibility index (Phi) is 4.23. The van der Waals surface area contributed by atoms with Gasteiger partial charge in [-0.05, 0) is 26.8 Å². The highest BCUT2D eigenvalue weighted by Crippen LogP contribution is 2.12. The first-order valence-corrected chi connectivity index (χ1v) is 5.51. The minimum atomic E-state index is -0.0733. The van der Waals surface area contributed by atoms with Crippen molar-refractivity contribution in [3.05, 3.63) is 35.4 Å². The number of nitrogens with zero attached hydrogens (tertiary/aromatic N) is 1. The van der Waals surface area contributed by atoms with Crippen molar-refractivity contribution in [2.75, 3.05) is 13.1 Å². The van der Waals surface area contributed by atoms with E-state index >= 15 is 0 Å². The van der Waals surface area contributed by atoms with Gasteiger partial charge < -0.3 is 4.90 Å². The van der Waals surface area contributed by atoms with Crippen LogP contribution in [0.15, 0.2) is 24.3 Å². The Bertz CT molecular complexity index is 395. The molecule has 0 spiro atoms. The normalized spacial score (nSPS) is 9.94. The van der Waals surface area contributed by atoms with Gasteiger partial charge in [-0.1, -0.05) is 18.2 Å². The molecule has 0 saturated carbocycles. The van der Waals surface area contributed by atoms with E-state index in [1.54, 1.807) is 29.2 Å². The third kappa shape index (κ3) is 2.48. The first-order chi connectivity index (χ1) is 7.61. The number of carbonyl (C=O) groups excluding carboxylic acids is 2. The SMILES string of the molecule is CCN(CC)C(=O)c1ccccc1C(C)=O. The van der Waals surface area contributed by atoms with Crippen LogP contribution in [0.4, 0.5) is 0 Å². The van der Waals surface area contributed by atoms with Crippen molar-refractivity contribution in [3.63, 3.8) is 0 Å². The number of ketones is 1. The number of Topliss-reactive ketones (excluding diaryl/α,β-unsaturated/α-hetero) is 1. The topological polar surface area (TPSA) is 37.4 Å². The van der Waals surface area contributed by atoms with Gasteiger partial charge in [0.25, 0.3) is 5.91 Å². The van der Waals surface area contributed by atoms with Crippen LogP contribution in [0, 0.1) is 0 Å². The third-order valence-corrected chi connectivity index (χ3v) is 2.59. The summed E-state index contributed by atoms with van der Waals surface area (Å²) in [5.41, 5.74) is 0.998. The van der Waals surface area contributed by atoms with Crippen LogP contribution in [0.2, 0.25) is 0 Å². The zero-order valence-electron chi connectivity index (χ0n) is 9.99. The number of amides is 1. The summed E-state index contributed by atoms with van der Waals surface area (Å²) in [7, 11) is 0. The van der Waals surface area contributed by atoms with Crippen molar-refractivity contribution < 1.29 is 9.59 Å². The lowest BCUT2D eigenvalue weighted by Crippen LogP contribution is -2.31. The number of carbonyl (C=O) groups is 2. The molecule has 3 heteroatoms.